The summed E-state index contributed by atoms with van der Waals surface area (Å²) in [6.07, 6.45) is 0.756. The molecule has 1 saturated heterocycles. The summed E-state index contributed by atoms with van der Waals surface area (Å²) in [7, 11) is 0. The lowest BCUT2D eigenvalue weighted by Crippen LogP contribution is -2.29. The van der Waals surface area contributed by atoms with Gasteiger partial charge in [-0.2, -0.15) is 0 Å². The number of nitrogen functional groups attached to an aromatic ring is 1. The highest BCUT2D eigenvalue weighted by atomic mass is 19.1. The number of likely N-dealkylation sites (tertiary alicyclic amines) is 1. The summed E-state index contributed by atoms with van der Waals surface area (Å²) < 4.78 is 13.5. The number of nitrogens with zero attached hydrogens (tertiary/aromatic N) is 1. The Hall–Kier alpha value is -1.62. The van der Waals surface area contributed by atoms with Crippen LogP contribution >= 0.6 is 0 Å². The van der Waals surface area contributed by atoms with E-state index in [9.17, 15) is 9.18 Å². The van der Waals surface area contributed by atoms with Crippen LogP contribution < -0.4 is 5.73 Å². The van der Waals surface area contributed by atoms with E-state index in [2.05, 4.69) is 0 Å². The second-order valence-corrected chi connectivity index (χ2v) is 4.33. The molecule has 4 nitrogen and oxygen atoms in total. The number of anilines is 1. The van der Waals surface area contributed by atoms with E-state index in [0.29, 0.717) is 18.8 Å². The van der Waals surface area contributed by atoms with Crippen molar-refractivity contribution in [3.8, 4) is 0 Å². The Morgan fingerprint density at radius 2 is 2.35 bits per heavy atom. The molecule has 5 heteroatoms. The Kier molecular flexibility index (Phi) is 3.28. The standard InChI is InChI=1S/C12H15FN2O2/c13-11-2-1-9(14)5-10(11)12(17)15-4-3-8(6-15)7-16/h1-2,5,8,16H,3-4,6-7,14H2. The first-order valence-corrected chi connectivity index (χ1v) is 5.57. The Labute approximate surface area is 98.8 Å². The molecule has 92 valence electrons. The molecule has 0 aromatic heterocycles. The van der Waals surface area contributed by atoms with Gasteiger partial charge >= 0.3 is 0 Å². The van der Waals surface area contributed by atoms with Gasteiger partial charge in [0.15, 0.2) is 0 Å². The van der Waals surface area contributed by atoms with E-state index in [1.807, 2.05) is 0 Å². The molecule has 1 fully saturated rings. The Bertz CT molecular complexity index is 437. The van der Waals surface area contributed by atoms with E-state index < -0.39 is 5.82 Å². The molecular weight excluding hydrogens is 223 g/mol. The molecule has 0 aliphatic carbocycles. The van der Waals surface area contributed by atoms with Crippen molar-refractivity contribution in [3.63, 3.8) is 0 Å². The number of hydrogen-bond donors (Lipinski definition) is 2. The van der Waals surface area contributed by atoms with Crippen molar-refractivity contribution in [2.75, 3.05) is 25.4 Å². The molecule has 1 aromatic carbocycles. The van der Waals surface area contributed by atoms with Gasteiger partial charge in [0.1, 0.15) is 5.82 Å². The third-order valence-corrected chi connectivity index (χ3v) is 3.05. The Morgan fingerprint density at radius 3 is 3.00 bits per heavy atom. The molecule has 1 unspecified atom stereocenters. The van der Waals surface area contributed by atoms with Crippen LogP contribution in [0.15, 0.2) is 18.2 Å². The molecule has 1 amide bonds. The van der Waals surface area contributed by atoms with E-state index in [-0.39, 0.29) is 24.0 Å². The summed E-state index contributed by atoms with van der Waals surface area (Å²) in [5, 5.41) is 9.00. The second-order valence-electron chi connectivity index (χ2n) is 4.33. The topological polar surface area (TPSA) is 66.6 Å². The highest BCUT2D eigenvalue weighted by molar-refractivity contribution is 5.95. The largest absolute Gasteiger partial charge is 0.399 e. The maximum atomic E-state index is 13.5. The maximum absolute atomic E-state index is 13.5. The van der Waals surface area contributed by atoms with E-state index in [0.717, 1.165) is 6.42 Å². The van der Waals surface area contributed by atoms with Crippen LogP contribution in [-0.2, 0) is 0 Å². The summed E-state index contributed by atoms with van der Waals surface area (Å²) >= 11 is 0. The number of nitrogens with two attached hydrogens (primary N) is 1. The molecule has 0 saturated carbocycles. The molecular formula is C12H15FN2O2. The van der Waals surface area contributed by atoms with Crippen molar-refractivity contribution in [2.24, 2.45) is 5.92 Å². The van der Waals surface area contributed by atoms with Crippen molar-refractivity contribution in [1.82, 2.24) is 4.90 Å². The van der Waals surface area contributed by atoms with Crippen LogP contribution in [0, 0.1) is 11.7 Å². The lowest BCUT2D eigenvalue weighted by atomic mass is 10.1. The number of hydrogen-bond acceptors (Lipinski definition) is 3. The Morgan fingerprint density at radius 1 is 1.59 bits per heavy atom. The highest BCUT2D eigenvalue weighted by Crippen LogP contribution is 2.20. The zero-order valence-corrected chi connectivity index (χ0v) is 9.40. The monoisotopic (exact) mass is 238 g/mol. The SMILES string of the molecule is Nc1ccc(F)c(C(=O)N2CCC(CO)C2)c1. The van der Waals surface area contributed by atoms with E-state index >= 15 is 0 Å². The fourth-order valence-corrected chi connectivity index (χ4v) is 2.04. The average molecular weight is 238 g/mol. The van der Waals surface area contributed by atoms with Crippen LogP contribution in [0.5, 0.6) is 0 Å². The average Bonchev–Trinajstić information content (AvgIpc) is 2.80. The van der Waals surface area contributed by atoms with Crippen LogP contribution in [0.2, 0.25) is 0 Å². The number of carbonyl (C=O) groups is 1. The zero-order chi connectivity index (χ0) is 12.4. The maximum Gasteiger partial charge on any atom is 0.256 e. The van der Waals surface area contributed by atoms with Crippen molar-refractivity contribution in [3.05, 3.63) is 29.6 Å². The minimum absolute atomic E-state index is 0.00332. The number of benzene rings is 1. The molecule has 3 N–H and O–H groups in total. The van der Waals surface area contributed by atoms with Gasteiger partial charge in [0.2, 0.25) is 0 Å². The molecule has 17 heavy (non-hydrogen) atoms. The van der Waals surface area contributed by atoms with E-state index in [4.69, 9.17) is 10.8 Å². The second kappa shape index (κ2) is 4.71. The van der Waals surface area contributed by atoms with Crippen LogP contribution in [0.4, 0.5) is 10.1 Å². The first-order valence-electron chi connectivity index (χ1n) is 5.57. The number of aliphatic hydroxyl groups is 1. The summed E-state index contributed by atoms with van der Waals surface area (Å²) in [6.45, 7) is 1.09. The first kappa shape index (κ1) is 11.9. The number of carbonyl (C=O) groups excluding carboxylic acids is 1. The van der Waals surface area contributed by atoms with Crippen molar-refractivity contribution in [2.45, 2.75) is 6.42 Å². The summed E-state index contributed by atoms with van der Waals surface area (Å²) in [4.78, 5) is 13.6. The third-order valence-electron chi connectivity index (χ3n) is 3.05. The van der Waals surface area contributed by atoms with Gasteiger partial charge in [-0.05, 0) is 24.6 Å². The van der Waals surface area contributed by atoms with Crippen LogP contribution in [0.25, 0.3) is 0 Å². The van der Waals surface area contributed by atoms with Crippen LogP contribution in [0.1, 0.15) is 16.8 Å². The van der Waals surface area contributed by atoms with Gasteiger partial charge in [0.25, 0.3) is 5.91 Å². The molecule has 2 rings (SSSR count). The molecule has 0 bridgehead atoms. The predicted molar refractivity (Wildman–Crippen MR) is 61.9 cm³/mol. The van der Waals surface area contributed by atoms with Crippen molar-refractivity contribution in [1.29, 1.82) is 0 Å². The first-order chi connectivity index (χ1) is 8.11. The quantitative estimate of drug-likeness (QED) is 0.751. The van der Waals surface area contributed by atoms with Gasteiger partial charge in [-0.15, -0.1) is 0 Å². The normalized spacial score (nSPS) is 19.6. The molecule has 0 radical (unpaired) electrons. The van der Waals surface area contributed by atoms with E-state index in [1.165, 1.54) is 18.2 Å². The summed E-state index contributed by atoms with van der Waals surface area (Å²) in [6, 6.07) is 3.97. The molecule has 0 spiro atoms. The zero-order valence-electron chi connectivity index (χ0n) is 9.40. The minimum atomic E-state index is -0.559. The fraction of sp³-hybridized carbons (Fsp3) is 0.417. The summed E-state index contributed by atoms with van der Waals surface area (Å²) in [5.41, 5.74) is 5.91. The van der Waals surface area contributed by atoms with Gasteiger partial charge in [-0.25, -0.2) is 4.39 Å². The molecule has 1 aliphatic heterocycles. The number of halogens is 1. The fourth-order valence-electron chi connectivity index (χ4n) is 2.04. The molecule has 1 heterocycles. The number of amides is 1. The molecule has 1 atom stereocenters. The van der Waals surface area contributed by atoms with Gasteiger partial charge in [-0.1, -0.05) is 0 Å². The lowest BCUT2D eigenvalue weighted by Gasteiger charge is -2.16. The van der Waals surface area contributed by atoms with Crippen molar-refractivity contribution >= 4 is 11.6 Å². The van der Waals surface area contributed by atoms with Crippen LogP contribution in [0.3, 0.4) is 0 Å². The van der Waals surface area contributed by atoms with Crippen LogP contribution in [-0.4, -0.2) is 35.6 Å². The highest BCUT2D eigenvalue weighted by Gasteiger charge is 2.27. The number of rotatable bonds is 2. The predicted octanol–water partition coefficient (Wildman–Crippen LogP) is 0.862. The Balaban J connectivity index is 2.17. The number of aliphatic hydroxyl groups excluding tert-OH is 1. The smallest absolute Gasteiger partial charge is 0.256 e. The van der Waals surface area contributed by atoms with Gasteiger partial charge < -0.3 is 15.7 Å². The summed E-state index contributed by atoms with van der Waals surface area (Å²) in [5.74, 6) is -0.814. The van der Waals surface area contributed by atoms with Gasteiger partial charge in [0, 0.05) is 31.3 Å². The molecule has 1 aliphatic rings. The van der Waals surface area contributed by atoms with Gasteiger partial charge in [0.05, 0.1) is 5.56 Å². The van der Waals surface area contributed by atoms with Gasteiger partial charge in [-0.3, -0.25) is 4.79 Å². The lowest BCUT2D eigenvalue weighted by molar-refractivity contribution is 0.0777. The van der Waals surface area contributed by atoms with E-state index in [1.54, 1.807) is 4.90 Å². The van der Waals surface area contributed by atoms with Crippen molar-refractivity contribution < 1.29 is 14.3 Å². The molecule has 1 aromatic rings. The minimum Gasteiger partial charge on any atom is -0.399 e. The third kappa shape index (κ3) is 2.39.